The minimum atomic E-state index is 1.14. The Bertz CT molecular complexity index is 1750. The van der Waals surface area contributed by atoms with Crippen LogP contribution in [0.5, 0.6) is 0 Å². The third kappa shape index (κ3) is 2.78. The number of nitrogens with zero attached hydrogens (tertiary/aromatic N) is 4. The average Bonchev–Trinajstić information content (AvgIpc) is 3.37. The van der Waals surface area contributed by atoms with E-state index >= 15 is 0 Å². The number of benzene rings is 5. The first-order chi connectivity index (χ1) is 16.7. The number of aryl methyl sites for hydroxylation is 2. The van der Waals surface area contributed by atoms with Gasteiger partial charge in [-0.2, -0.15) is 9.13 Å². The molecule has 0 unspecified atom stereocenters. The second-order valence-corrected chi connectivity index (χ2v) is 9.09. The quantitative estimate of drug-likeness (QED) is 0.315. The molecule has 5 aromatic carbocycles. The molecule has 2 aromatic heterocycles. The van der Waals surface area contributed by atoms with Gasteiger partial charge in [-0.3, -0.25) is 0 Å². The molecule has 2 heterocycles. The summed E-state index contributed by atoms with van der Waals surface area (Å²) in [7, 11) is 4.23. The summed E-state index contributed by atoms with van der Waals surface area (Å²) >= 11 is 0. The molecule has 0 aliphatic rings. The van der Waals surface area contributed by atoms with Gasteiger partial charge in [-0.05, 0) is 57.9 Å². The highest BCUT2D eigenvalue weighted by molar-refractivity contribution is 5.95. The van der Waals surface area contributed by atoms with Crippen molar-refractivity contribution in [3.05, 3.63) is 110 Å². The van der Waals surface area contributed by atoms with Crippen molar-refractivity contribution in [1.29, 1.82) is 0 Å². The van der Waals surface area contributed by atoms with E-state index in [1.807, 2.05) is 0 Å². The smallest absolute Gasteiger partial charge is 0.232 e. The summed E-state index contributed by atoms with van der Waals surface area (Å²) in [6.07, 6.45) is 4.34. The predicted octanol–water partition coefficient (Wildman–Crippen LogP) is 5.53. The van der Waals surface area contributed by atoms with Crippen LogP contribution >= 0.6 is 0 Å². The van der Waals surface area contributed by atoms with Crippen LogP contribution in [0.4, 0.5) is 0 Å². The molecule has 162 valence electrons. The van der Waals surface area contributed by atoms with Gasteiger partial charge in [0.2, 0.25) is 12.7 Å². The van der Waals surface area contributed by atoms with Gasteiger partial charge >= 0.3 is 0 Å². The van der Waals surface area contributed by atoms with Crippen LogP contribution < -0.4 is 9.13 Å². The molecular formula is C30H24N4+2. The summed E-state index contributed by atoms with van der Waals surface area (Å²) in [4.78, 5) is 0. The first kappa shape index (κ1) is 19.1. The summed E-state index contributed by atoms with van der Waals surface area (Å²) in [5.74, 6) is 0. The zero-order valence-corrected chi connectivity index (χ0v) is 19.2. The van der Waals surface area contributed by atoms with E-state index in [9.17, 15) is 0 Å². The third-order valence-electron chi connectivity index (χ3n) is 6.93. The highest BCUT2D eigenvalue weighted by atomic mass is 15.1. The molecule has 0 spiro atoms. The Morgan fingerprint density at radius 2 is 0.882 bits per heavy atom. The predicted molar refractivity (Wildman–Crippen MR) is 137 cm³/mol. The van der Waals surface area contributed by atoms with Crippen LogP contribution in [0.3, 0.4) is 0 Å². The second kappa shape index (κ2) is 7.03. The lowest BCUT2D eigenvalue weighted by Gasteiger charge is -2.02. The van der Waals surface area contributed by atoms with Gasteiger partial charge < -0.3 is 0 Å². The van der Waals surface area contributed by atoms with Crippen molar-refractivity contribution in [3.63, 3.8) is 0 Å². The van der Waals surface area contributed by atoms with Crippen LogP contribution in [-0.2, 0) is 14.1 Å². The molecule has 0 saturated heterocycles. The number of aromatic nitrogens is 4. The lowest BCUT2D eigenvalue weighted by molar-refractivity contribution is -0.645. The SMILES string of the molecule is C[n+]1cn(-c2cccc(-n3c[n+](C)c4cc5ccccc5cc43)c2)c2cc3ccccc3cc21. The lowest BCUT2D eigenvalue weighted by atomic mass is 10.1. The summed E-state index contributed by atoms with van der Waals surface area (Å²) in [6, 6.07) is 35.0. The molecule has 0 aliphatic carbocycles. The summed E-state index contributed by atoms with van der Waals surface area (Å²) in [5.41, 5.74) is 7.12. The molecule has 4 nitrogen and oxygen atoms in total. The van der Waals surface area contributed by atoms with Crippen molar-refractivity contribution in [2.75, 3.05) is 0 Å². The molecule has 34 heavy (non-hydrogen) atoms. The van der Waals surface area contributed by atoms with Crippen LogP contribution in [0.1, 0.15) is 0 Å². The van der Waals surface area contributed by atoms with Crippen LogP contribution in [-0.4, -0.2) is 9.13 Å². The molecule has 0 saturated carbocycles. The first-order valence-corrected chi connectivity index (χ1v) is 11.6. The number of hydrogen-bond donors (Lipinski definition) is 0. The lowest BCUT2D eigenvalue weighted by Crippen LogP contribution is -2.25. The molecule has 0 N–H and O–H groups in total. The van der Waals surface area contributed by atoms with Gasteiger partial charge in [0.25, 0.3) is 0 Å². The van der Waals surface area contributed by atoms with Crippen molar-refractivity contribution in [1.82, 2.24) is 9.13 Å². The van der Waals surface area contributed by atoms with Crippen LogP contribution in [0.2, 0.25) is 0 Å². The number of imidazole rings is 2. The summed E-state index contributed by atoms with van der Waals surface area (Å²) < 4.78 is 8.97. The molecule has 0 fully saturated rings. The van der Waals surface area contributed by atoms with E-state index in [0.29, 0.717) is 0 Å². The third-order valence-corrected chi connectivity index (χ3v) is 6.93. The van der Waals surface area contributed by atoms with E-state index in [2.05, 4.69) is 142 Å². The normalized spacial score (nSPS) is 11.8. The largest absolute Gasteiger partial charge is 0.249 e. The Morgan fingerprint density at radius 1 is 0.471 bits per heavy atom. The zero-order valence-electron chi connectivity index (χ0n) is 19.2. The highest BCUT2D eigenvalue weighted by Crippen LogP contribution is 2.27. The Morgan fingerprint density at radius 3 is 1.32 bits per heavy atom. The Hall–Kier alpha value is -4.44. The Labute approximate surface area is 197 Å². The average molecular weight is 441 g/mol. The van der Waals surface area contributed by atoms with Crippen molar-refractivity contribution < 1.29 is 9.13 Å². The number of rotatable bonds is 2. The van der Waals surface area contributed by atoms with Gasteiger partial charge in [0, 0.05) is 6.07 Å². The summed E-state index contributed by atoms with van der Waals surface area (Å²) in [5, 5.41) is 5.02. The molecule has 0 radical (unpaired) electrons. The standard InChI is InChI=1S/C30H24N4/c1-31-19-33(29-16-23-10-5-3-8-21(23)14-27(29)31)25-12-7-13-26(18-25)34-20-32(2)28-15-22-9-4-6-11-24(22)17-30(28)34/h3-20H,1-2H3/q+2. The van der Waals surface area contributed by atoms with Crippen molar-refractivity contribution in [2.24, 2.45) is 14.1 Å². The zero-order chi connectivity index (χ0) is 22.8. The van der Waals surface area contributed by atoms with Crippen molar-refractivity contribution in [2.45, 2.75) is 0 Å². The van der Waals surface area contributed by atoms with E-state index in [1.54, 1.807) is 0 Å². The number of fused-ring (bicyclic) bond motifs is 4. The minimum absolute atomic E-state index is 1.14. The Balaban J connectivity index is 1.44. The van der Waals surface area contributed by atoms with Gasteiger partial charge in [-0.15, -0.1) is 0 Å². The maximum Gasteiger partial charge on any atom is 0.249 e. The van der Waals surface area contributed by atoms with Gasteiger partial charge in [-0.1, -0.05) is 54.6 Å². The molecule has 7 rings (SSSR count). The first-order valence-electron chi connectivity index (χ1n) is 11.6. The fourth-order valence-electron chi connectivity index (χ4n) is 5.18. The minimum Gasteiger partial charge on any atom is -0.232 e. The van der Waals surface area contributed by atoms with E-state index in [-0.39, 0.29) is 0 Å². The molecular weight excluding hydrogens is 416 g/mol. The molecule has 0 bridgehead atoms. The van der Waals surface area contributed by atoms with Gasteiger partial charge in [0.15, 0.2) is 22.1 Å². The molecule has 0 aliphatic heterocycles. The van der Waals surface area contributed by atoms with E-state index in [1.165, 1.54) is 43.6 Å². The van der Waals surface area contributed by atoms with Crippen LogP contribution in [0.15, 0.2) is 110 Å². The maximum atomic E-state index is 2.29. The second-order valence-electron chi connectivity index (χ2n) is 9.09. The molecule has 0 amide bonds. The van der Waals surface area contributed by atoms with E-state index in [0.717, 1.165) is 11.4 Å². The van der Waals surface area contributed by atoms with Crippen molar-refractivity contribution >= 4 is 43.6 Å². The van der Waals surface area contributed by atoms with Gasteiger partial charge in [0.1, 0.15) is 11.4 Å². The van der Waals surface area contributed by atoms with E-state index in [4.69, 9.17) is 0 Å². The van der Waals surface area contributed by atoms with Gasteiger partial charge in [-0.25, -0.2) is 9.13 Å². The monoisotopic (exact) mass is 440 g/mol. The van der Waals surface area contributed by atoms with Crippen LogP contribution in [0.25, 0.3) is 55.0 Å². The highest BCUT2D eigenvalue weighted by Gasteiger charge is 2.20. The molecule has 4 heteroatoms. The topological polar surface area (TPSA) is 17.6 Å². The fourth-order valence-corrected chi connectivity index (χ4v) is 5.18. The van der Waals surface area contributed by atoms with Crippen molar-refractivity contribution in [3.8, 4) is 11.4 Å². The summed E-state index contributed by atoms with van der Waals surface area (Å²) in [6.45, 7) is 0. The molecule has 0 atom stereocenters. The maximum absolute atomic E-state index is 2.29. The Kier molecular flexibility index (Phi) is 3.94. The molecule has 7 aromatic rings. The number of hydrogen-bond acceptors (Lipinski definition) is 0. The van der Waals surface area contributed by atoms with E-state index < -0.39 is 0 Å². The van der Waals surface area contributed by atoms with Gasteiger partial charge in [0.05, 0.1) is 14.1 Å². The van der Waals surface area contributed by atoms with Crippen LogP contribution in [0, 0.1) is 0 Å². The fraction of sp³-hybridized carbons (Fsp3) is 0.0667.